The standard InChI is InChI=1S/C15H16BrNO3/c1-4-20-14(19)12(15(2,3)9-17)13(18)10-6-5-7-11(16)8-10/h5-8,12H,4H2,1-3H3. The third kappa shape index (κ3) is 3.67. The van der Waals surface area contributed by atoms with Gasteiger partial charge in [-0.15, -0.1) is 0 Å². The van der Waals surface area contributed by atoms with Crippen LogP contribution in [0.1, 0.15) is 31.1 Å². The predicted molar refractivity (Wildman–Crippen MR) is 78.0 cm³/mol. The SMILES string of the molecule is CCOC(=O)C(C(=O)c1cccc(Br)c1)C(C)(C)C#N. The molecule has 0 aliphatic heterocycles. The average Bonchev–Trinajstić information content (AvgIpc) is 2.39. The molecule has 4 nitrogen and oxygen atoms in total. The van der Waals surface area contributed by atoms with Crippen LogP contribution < -0.4 is 0 Å². The summed E-state index contributed by atoms with van der Waals surface area (Å²) in [4.78, 5) is 24.6. The van der Waals surface area contributed by atoms with Crippen LogP contribution in [0.3, 0.4) is 0 Å². The van der Waals surface area contributed by atoms with Gasteiger partial charge in [0.15, 0.2) is 5.78 Å². The summed E-state index contributed by atoms with van der Waals surface area (Å²) < 4.78 is 5.68. The third-order valence-electron chi connectivity index (χ3n) is 2.90. The van der Waals surface area contributed by atoms with E-state index in [0.29, 0.717) is 5.56 Å². The normalized spacial score (nSPS) is 12.3. The van der Waals surface area contributed by atoms with Crippen molar-refractivity contribution in [1.82, 2.24) is 0 Å². The number of benzene rings is 1. The Morgan fingerprint density at radius 2 is 2.10 bits per heavy atom. The molecule has 1 aromatic carbocycles. The highest BCUT2D eigenvalue weighted by Crippen LogP contribution is 2.31. The van der Waals surface area contributed by atoms with E-state index in [9.17, 15) is 14.9 Å². The Hall–Kier alpha value is -1.67. The molecule has 106 valence electrons. The van der Waals surface area contributed by atoms with Gasteiger partial charge in [0, 0.05) is 10.0 Å². The molecule has 0 amide bonds. The molecule has 20 heavy (non-hydrogen) atoms. The molecule has 0 fully saturated rings. The van der Waals surface area contributed by atoms with Crippen LogP contribution in [0, 0.1) is 22.7 Å². The maximum absolute atomic E-state index is 12.5. The second kappa shape index (κ2) is 6.67. The molecule has 1 atom stereocenters. The number of hydrogen-bond donors (Lipinski definition) is 0. The van der Waals surface area contributed by atoms with Gasteiger partial charge in [0.1, 0.15) is 5.92 Å². The van der Waals surface area contributed by atoms with Crippen molar-refractivity contribution in [3.05, 3.63) is 34.3 Å². The van der Waals surface area contributed by atoms with Gasteiger partial charge in [-0.05, 0) is 32.9 Å². The number of nitrogens with zero attached hydrogens (tertiary/aromatic N) is 1. The Kier molecular flexibility index (Phi) is 5.46. The fourth-order valence-electron chi connectivity index (χ4n) is 1.83. The van der Waals surface area contributed by atoms with E-state index < -0.39 is 23.1 Å². The largest absolute Gasteiger partial charge is 0.465 e. The Labute approximate surface area is 126 Å². The van der Waals surface area contributed by atoms with Crippen molar-refractivity contribution < 1.29 is 14.3 Å². The van der Waals surface area contributed by atoms with E-state index in [1.165, 1.54) is 0 Å². The van der Waals surface area contributed by atoms with E-state index in [1.54, 1.807) is 45.0 Å². The quantitative estimate of drug-likeness (QED) is 0.469. The Bertz CT molecular complexity index is 560. The first-order chi connectivity index (χ1) is 9.33. The Morgan fingerprint density at radius 1 is 1.45 bits per heavy atom. The molecule has 0 saturated heterocycles. The number of carbonyl (C=O) groups is 2. The van der Waals surface area contributed by atoms with Crippen molar-refractivity contribution in [3.8, 4) is 6.07 Å². The second-order valence-corrected chi connectivity index (χ2v) is 5.81. The molecule has 0 spiro atoms. The number of carbonyl (C=O) groups excluding carboxylic acids is 2. The van der Waals surface area contributed by atoms with Crippen LogP contribution in [0.15, 0.2) is 28.7 Å². The molecule has 0 saturated carbocycles. The van der Waals surface area contributed by atoms with Crippen LogP contribution in [0.5, 0.6) is 0 Å². The first kappa shape index (κ1) is 16.4. The number of halogens is 1. The van der Waals surface area contributed by atoms with Crippen molar-refractivity contribution in [2.45, 2.75) is 20.8 Å². The summed E-state index contributed by atoms with van der Waals surface area (Å²) in [5.41, 5.74) is -0.758. The summed E-state index contributed by atoms with van der Waals surface area (Å²) in [6, 6.07) is 8.75. The number of hydrogen-bond acceptors (Lipinski definition) is 4. The van der Waals surface area contributed by atoms with E-state index in [1.807, 2.05) is 6.07 Å². The average molecular weight is 338 g/mol. The minimum absolute atomic E-state index is 0.169. The van der Waals surface area contributed by atoms with Crippen molar-refractivity contribution in [3.63, 3.8) is 0 Å². The van der Waals surface area contributed by atoms with E-state index in [-0.39, 0.29) is 6.61 Å². The zero-order valence-corrected chi connectivity index (χ0v) is 13.2. The molecule has 1 rings (SSSR count). The lowest BCUT2D eigenvalue weighted by molar-refractivity contribution is -0.148. The molecule has 0 aliphatic carbocycles. The van der Waals surface area contributed by atoms with Crippen molar-refractivity contribution in [2.24, 2.45) is 11.3 Å². The summed E-state index contributed by atoms with van der Waals surface area (Å²) in [5.74, 6) is -2.21. The highest BCUT2D eigenvalue weighted by molar-refractivity contribution is 9.10. The van der Waals surface area contributed by atoms with Gasteiger partial charge >= 0.3 is 5.97 Å². The van der Waals surface area contributed by atoms with Gasteiger partial charge in [0.25, 0.3) is 0 Å². The number of esters is 1. The first-order valence-electron chi connectivity index (χ1n) is 6.21. The lowest BCUT2D eigenvalue weighted by Gasteiger charge is -2.25. The van der Waals surface area contributed by atoms with Gasteiger partial charge in [-0.1, -0.05) is 28.1 Å². The first-order valence-corrected chi connectivity index (χ1v) is 7.00. The van der Waals surface area contributed by atoms with Crippen LogP contribution in [0.4, 0.5) is 0 Å². The summed E-state index contributed by atoms with van der Waals surface area (Å²) in [6.07, 6.45) is 0. The lowest BCUT2D eigenvalue weighted by Crippen LogP contribution is -2.38. The molecule has 0 N–H and O–H groups in total. The number of ether oxygens (including phenoxy) is 1. The monoisotopic (exact) mass is 337 g/mol. The molecule has 0 radical (unpaired) electrons. The van der Waals surface area contributed by atoms with Gasteiger partial charge in [-0.2, -0.15) is 5.26 Å². The van der Waals surface area contributed by atoms with E-state index in [0.717, 1.165) is 4.47 Å². The summed E-state index contributed by atoms with van der Waals surface area (Å²) >= 11 is 3.28. The smallest absolute Gasteiger partial charge is 0.318 e. The third-order valence-corrected chi connectivity index (χ3v) is 3.40. The Morgan fingerprint density at radius 3 is 2.60 bits per heavy atom. The minimum atomic E-state index is -1.14. The molecular weight excluding hydrogens is 322 g/mol. The van der Waals surface area contributed by atoms with Crippen LogP contribution in [0.25, 0.3) is 0 Å². The Balaban J connectivity index is 3.21. The van der Waals surface area contributed by atoms with E-state index in [4.69, 9.17) is 4.74 Å². The predicted octanol–water partition coefficient (Wildman–Crippen LogP) is 3.36. The molecule has 0 heterocycles. The fourth-order valence-corrected chi connectivity index (χ4v) is 2.23. The van der Waals surface area contributed by atoms with Crippen LogP contribution in [-0.4, -0.2) is 18.4 Å². The van der Waals surface area contributed by atoms with Gasteiger partial charge in [-0.3, -0.25) is 9.59 Å². The molecule has 0 aromatic heterocycles. The zero-order chi connectivity index (χ0) is 15.3. The molecule has 5 heteroatoms. The molecule has 0 aliphatic rings. The molecule has 0 bridgehead atoms. The maximum atomic E-state index is 12.5. The molecule has 1 unspecified atom stereocenters. The summed E-state index contributed by atoms with van der Waals surface area (Å²) in [7, 11) is 0. The minimum Gasteiger partial charge on any atom is -0.465 e. The van der Waals surface area contributed by atoms with Crippen LogP contribution >= 0.6 is 15.9 Å². The second-order valence-electron chi connectivity index (χ2n) is 4.89. The van der Waals surface area contributed by atoms with E-state index >= 15 is 0 Å². The van der Waals surface area contributed by atoms with Crippen LogP contribution in [-0.2, 0) is 9.53 Å². The van der Waals surface area contributed by atoms with Gasteiger partial charge < -0.3 is 4.74 Å². The summed E-state index contributed by atoms with van der Waals surface area (Å²) in [6.45, 7) is 4.95. The highest BCUT2D eigenvalue weighted by Gasteiger charge is 2.42. The molecule has 1 aromatic rings. The number of Topliss-reactive ketones (excluding diaryl/α,β-unsaturated/α-hetero) is 1. The topological polar surface area (TPSA) is 67.2 Å². The number of rotatable bonds is 5. The lowest BCUT2D eigenvalue weighted by atomic mass is 9.76. The molecular formula is C15H16BrNO3. The zero-order valence-electron chi connectivity index (χ0n) is 11.6. The maximum Gasteiger partial charge on any atom is 0.318 e. The van der Waals surface area contributed by atoms with Crippen molar-refractivity contribution in [1.29, 1.82) is 5.26 Å². The number of nitriles is 1. The van der Waals surface area contributed by atoms with Gasteiger partial charge in [0.05, 0.1) is 18.1 Å². The fraction of sp³-hybridized carbons (Fsp3) is 0.400. The van der Waals surface area contributed by atoms with Gasteiger partial charge in [0.2, 0.25) is 0 Å². The summed E-state index contributed by atoms with van der Waals surface area (Å²) in [5, 5.41) is 9.21. The van der Waals surface area contributed by atoms with Crippen molar-refractivity contribution in [2.75, 3.05) is 6.61 Å². The van der Waals surface area contributed by atoms with E-state index in [2.05, 4.69) is 15.9 Å². The van der Waals surface area contributed by atoms with Crippen molar-refractivity contribution >= 4 is 27.7 Å². The van der Waals surface area contributed by atoms with Crippen LogP contribution in [0.2, 0.25) is 0 Å². The number of ketones is 1. The highest BCUT2D eigenvalue weighted by atomic mass is 79.9. The van der Waals surface area contributed by atoms with Gasteiger partial charge in [-0.25, -0.2) is 0 Å².